The summed E-state index contributed by atoms with van der Waals surface area (Å²) in [6.07, 6.45) is 5.13. The van der Waals surface area contributed by atoms with Crippen LogP contribution in [0.3, 0.4) is 0 Å². The van der Waals surface area contributed by atoms with Crippen molar-refractivity contribution in [2.45, 2.75) is 52.5 Å². The Labute approximate surface area is 129 Å². The van der Waals surface area contributed by atoms with Crippen molar-refractivity contribution in [2.24, 2.45) is 17.8 Å². The fourth-order valence-corrected chi connectivity index (χ4v) is 3.74. The summed E-state index contributed by atoms with van der Waals surface area (Å²) in [6, 6.07) is 8.84. The summed E-state index contributed by atoms with van der Waals surface area (Å²) < 4.78 is 0. The summed E-state index contributed by atoms with van der Waals surface area (Å²) in [6.45, 7) is 8.05. The fourth-order valence-electron chi connectivity index (χ4n) is 3.52. The summed E-state index contributed by atoms with van der Waals surface area (Å²) in [5, 5.41) is 4.61. The lowest BCUT2D eigenvalue weighted by Gasteiger charge is -2.37. The van der Waals surface area contributed by atoms with Crippen LogP contribution in [0.5, 0.6) is 0 Å². The molecule has 2 heteroatoms. The first-order valence-electron chi connectivity index (χ1n) is 8.08. The van der Waals surface area contributed by atoms with Crippen molar-refractivity contribution >= 4 is 11.6 Å². The zero-order chi connectivity index (χ0) is 14.5. The van der Waals surface area contributed by atoms with Crippen LogP contribution in [0.15, 0.2) is 24.3 Å². The predicted molar refractivity (Wildman–Crippen MR) is 88.3 cm³/mol. The van der Waals surface area contributed by atoms with Gasteiger partial charge in [0.1, 0.15) is 0 Å². The standard InChI is InChI=1S/C18H28ClN/c1-4-20-18(12-15-7-5-6-8-17(15)19)16-10-9-13(2)14(3)11-16/h5-8,13-14,16,18,20H,4,9-12H2,1-3H3. The van der Waals surface area contributed by atoms with Crippen molar-refractivity contribution in [1.29, 1.82) is 0 Å². The summed E-state index contributed by atoms with van der Waals surface area (Å²) in [5.41, 5.74) is 1.28. The summed E-state index contributed by atoms with van der Waals surface area (Å²) in [7, 11) is 0. The van der Waals surface area contributed by atoms with Gasteiger partial charge in [-0.05, 0) is 55.2 Å². The molecule has 0 amide bonds. The Hall–Kier alpha value is -0.530. The first-order valence-corrected chi connectivity index (χ1v) is 8.46. The van der Waals surface area contributed by atoms with Gasteiger partial charge in [-0.15, -0.1) is 0 Å². The third kappa shape index (κ3) is 3.99. The van der Waals surface area contributed by atoms with E-state index in [1.807, 2.05) is 12.1 Å². The summed E-state index contributed by atoms with van der Waals surface area (Å²) in [4.78, 5) is 0. The molecule has 1 nitrogen and oxygen atoms in total. The van der Waals surface area contributed by atoms with E-state index in [0.29, 0.717) is 6.04 Å². The van der Waals surface area contributed by atoms with Crippen molar-refractivity contribution in [2.75, 3.05) is 6.54 Å². The molecule has 0 bridgehead atoms. The summed E-state index contributed by atoms with van der Waals surface area (Å²) >= 11 is 6.33. The lowest BCUT2D eigenvalue weighted by atomic mass is 9.72. The molecule has 1 aromatic rings. The van der Waals surface area contributed by atoms with Crippen LogP contribution in [-0.2, 0) is 6.42 Å². The van der Waals surface area contributed by atoms with Crippen molar-refractivity contribution in [3.63, 3.8) is 0 Å². The van der Waals surface area contributed by atoms with Gasteiger partial charge in [0.15, 0.2) is 0 Å². The number of hydrogen-bond acceptors (Lipinski definition) is 1. The van der Waals surface area contributed by atoms with Gasteiger partial charge in [-0.25, -0.2) is 0 Å². The predicted octanol–water partition coefficient (Wildman–Crippen LogP) is 4.93. The Kier molecular flexibility index (Phi) is 5.92. The molecule has 1 aliphatic carbocycles. The van der Waals surface area contributed by atoms with Gasteiger partial charge in [-0.1, -0.05) is 57.0 Å². The molecule has 4 unspecified atom stereocenters. The van der Waals surface area contributed by atoms with Gasteiger partial charge in [0, 0.05) is 11.1 Å². The molecule has 4 atom stereocenters. The molecule has 1 saturated carbocycles. The maximum atomic E-state index is 6.33. The van der Waals surface area contributed by atoms with E-state index in [9.17, 15) is 0 Å². The van der Waals surface area contributed by atoms with Gasteiger partial charge in [0.2, 0.25) is 0 Å². The molecular weight excluding hydrogens is 266 g/mol. The van der Waals surface area contributed by atoms with Crippen LogP contribution in [0, 0.1) is 17.8 Å². The van der Waals surface area contributed by atoms with E-state index in [-0.39, 0.29) is 0 Å². The second kappa shape index (κ2) is 7.47. The molecule has 112 valence electrons. The topological polar surface area (TPSA) is 12.0 Å². The van der Waals surface area contributed by atoms with Gasteiger partial charge in [-0.2, -0.15) is 0 Å². The van der Waals surface area contributed by atoms with Crippen LogP contribution in [-0.4, -0.2) is 12.6 Å². The van der Waals surface area contributed by atoms with Gasteiger partial charge < -0.3 is 5.32 Å². The number of benzene rings is 1. The minimum Gasteiger partial charge on any atom is -0.314 e. The molecule has 0 heterocycles. The highest BCUT2D eigenvalue weighted by molar-refractivity contribution is 6.31. The Morgan fingerprint density at radius 2 is 1.95 bits per heavy atom. The molecule has 0 aliphatic heterocycles. The van der Waals surface area contributed by atoms with Crippen molar-refractivity contribution < 1.29 is 0 Å². The highest BCUT2D eigenvalue weighted by Gasteiger charge is 2.30. The number of rotatable bonds is 5. The van der Waals surface area contributed by atoms with E-state index < -0.39 is 0 Å². The number of likely N-dealkylation sites (N-methyl/N-ethyl adjacent to an activating group) is 1. The maximum Gasteiger partial charge on any atom is 0.0438 e. The van der Waals surface area contributed by atoms with E-state index >= 15 is 0 Å². The van der Waals surface area contributed by atoms with E-state index in [1.54, 1.807) is 0 Å². The number of halogens is 1. The SMILES string of the molecule is CCNC(Cc1ccccc1Cl)C1CCC(C)C(C)C1. The molecule has 0 aromatic heterocycles. The van der Waals surface area contributed by atoms with E-state index in [0.717, 1.165) is 35.7 Å². The molecular formula is C18H28ClN. The van der Waals surface area contributed by atoms with E-state index in [1.165, 1.54) is 24.8 Å². The molecule has 1 fully saturated rings. The Bertz CT molecular complexity index is 418. The normalized spacial score (nSPS) is 28.3. The van der Waals surface area contributed by atoms with Crippen molar-refractivity contribution in [1.82, 2.24) is 5.32 Å². The number of nitrogens with one attached hydrogen (secondary N) is 1. The second-order valence-electron chi connectivity index (χ2n) is 6.49. The molecule has 2 rings (SSSR count). The fraction of sp³-hybridized carbons (Fsp3) is 0.667. The molecule has 0 saturated heterocycles. The smallest absolute Gasteiger partial charge is 0.0438 e. The number of hydrogen-bond donors (Lipinski definition) is 1. The van der Waals surface area contributed by atoms with Gasteiger partial charge >= 0.3 is 0 Å². The monoisotopic (exact) mass is 293 g/mol. The zero-order valence-corrected chi connectivity index (χ0v) is 13.8. The first kappa shape index (κ1) is 15.9. The van der Waals surface area contributed by atoms with Crippen LogP contribution in [0.1, 0.15) is 45.6 Å². The van der Waals surface area contributed by atoms with Gasteiger partial charge in [-0.3, -0.25) is 0 Å². The Morgan fingerprint density at radius 1 is 1.20 bits per heavy atom. The van der Waals surface area contributed by atoms with Crippen molar-refractivity contribution in [3.05, 3.63) is 34.9 Å². The van der Waals surface area contributed by atoms with E-state index in [4.69, 9.17) is 11.6 Å². The highest BCUT2D eigenvalue weighted by atomic mass is 35.5. The quantitative estimate of drug-likeness (QED) is 0.811. The van der Waals surface area contributed by atoms with Crippen LogP contribution < -0.4 is 5.32 Å². The Balaban J connectivity index is 2.05. The van der Waals surface area contributed by atoms with Crippen LogP contribution in [0.4, 0.5) is 0 Å². The largest absolute Gasteiger partial charge is 0.314 e. The molecule has 1 aliphatic rings. The molecule has 20 heavy (non-hydrogen) atoms. The lowest BCUT2D eigenvalue weighted by molar-refractivity contribution is 0.171. The average Bonchev–Trinajstić information content (AvgIpc) is 2.44. The first-order chi connectivity index (χ1) is 9.61. The van der Waals surface area contributed by atoms with Crippen LogP contribution >= 0.6 is 11.6 Å². The molecule has 1 aromatic carbocycles. The third-order valence-electron chi connectivity index (χ3n) is 5.07. The molecule has 0 radical (unpaired) electrons. The lowest BCUT2D eigenvalue weighted by Crippen LogP contribution is -2.41. The second-order valence-corrected chi connectivity index (χ2v) is 6.89. The van der Waals surface area contributed by atoms with Gasteiger partial charge in [0.25, 0.3) is 0 Å². The minimum absolute atomic E-state index is 0.565. The van der Waals surface area contributed by atoms with Crippen molar-refractivity contribution in [3.8, 4) is 0 Å². The highest BCUT2D eigenvalue weighted by Crippen LogP contribution is 2.36. The summed E-state index contributed by atoms with van der Waals surface area (Å²) in [5.74, 6) is 2.52. The van der Waals surface area contributed by atoms with E-state index in [2.05, 4.69) is 38.2 Å². The van der Waals surface area contributed by atoms with Crippen LogP contribution in [0.25, 0.3) is 0 Å². The molecule has 0 spiro atoms. The zero-order valence-electron chi connectivity index (χ0n) is 13.0. The van der Waals surface area contributed by atoms with Gasteiger partial charge in [0.05, 0.1) is 0 Å². The third-order valence-corrected chi connectivity index (χ3v) is 5.44. The minimum atomic E-state index is 0.565. The van der Waals surface area contributed by atoms with Crippen LogP contribution in [0.2, 0.25) is 5.02 Å². The maximum absolute atomic E-state index is 6.33. The molecule has 1 N–H and O–H groups in total. The average molecular weight is 294 g/mol. The Morgan fingerprint density at radius 3 is 2.60 bits per heavy atom.